The van der Waals surface area contributed by atoms with Crippen LogP contribution in [-0.4, -0.2) is 22.2 Å². The summed E-state index contributed by atoms with van der Waals surface area (Å²) in [6.45, 7) is 6.19. The van der Waals surface area contributed by atoms with E-state index in [0.717, 1.165) is 25.9 Å². The molecule has 0 amide bonds. The van der Waals surface area contributed by atoms with Crippen LogP contribution in [0.25, 0.3) is 0 Å². The first-order chi connectivity index (χ1) is 14.7. The highest BCUT2D eigenvalue weighted by Crippen LogP contribution is 2.19. The molecule has 2 aromatic rings. The van der Waals surface area contributed by atoms with Crippen molar-refractivity contribution >= 4 is 0 Å². The SMILES string of the molecule is CCCCCCCCCCCC(O)C(C)N(Cc1ccccc1)Cc1ccccc1. The molecule has 2 rings (SSSR count). The van der Waals surface area contributed by atoms with Gasteiger partial charge in [0.15, 0.2) is 0 Å². The topological polar surface area (TPSA) is 23.5 Å². The van der Waals surface area contributed by atoms with Crippen LogP contribution in [0.2, 0.25) is 0 Å². The molecule has 0 bridgehead atoms. The van der Waals surface area contributed by atoms with Gasteiger partial charge in [-0.1, -0.05) is 125 Å². The lowest BCUT2D eigenvalue weighted by Gasteiger charge is -2.32. The average Bonchev–Trinajstić information content (AvgIpc) is 2.78. The van der Waals surface area contributed by atoms with E-state index in [0.29, 0.717) is 0 Å². The Morgan fingerprint density at radius 1 is 0.667 bits per heavy atom. The minimum absolute atomic E-state index is 0.138. The van der Waals surface area contributed by atoms with Gasteiger partial charge < -0.3 is 5.11 Å². The number of hydrogen-bond donors (Lipinski definition) is 1. The molecule has 0 aliphatic rings. The Balaban J connectivity index is 1.78. The molecule has 166 valence electrons. The highest BCUT2D eigenvalue weighted by atomic mass is 16.3. The molecule has 30 heavy (non-hydrogen) atoms. The van der Waals surface area contributed by atoms with E-state index in [1.165, 1.54) is 62.5 Å². The predicted octanol–water partition coefficient (Wildman–Crippen LogP) is 7.36. The van der Waals surface area contributed by atoms with Gasteiger partial charge in [0.1, 0.15) is 0 Å². The van der Waals surface area contributed by atoms with Crippen LogP contribution in [0.15, 0.2) is 60.7 Å². The summed E-state index contributed by atoms with van der Waals surface area (Å²) in [5.74, 6) is 0. The van der Waals surface area contributed by atoms with Crippen LogP contribution in [0.4, 0.5) is 0 Å². The standard InChI is InChI=1S/C28H43NO/c1-3-4-5-6-7-8-9-10-17-22-28(30)25(2)29(23-26-18-13-11-14-19-26)24-27-20-15-12-16-21-27/h11-16,18-21,25,28,30H,3-10,17,22-24H2,1-2H3. The minimum Gasteiger partial charge on any atom is -0.392 e. The van der Waals surface area contributed by atoms with Gasteiger partial charge in [0.25, 0.3) is 0 Å². The van der Waals surface area contributed by atoms with Crippen LogP contribution in [0.1, 0.15) is 89.2 Å². The van der Waals surface area contributed by atoms with Gasteiger partial charge in [0, 0.05) is 19.1 Å². The molecule has 0 saturated carbocycles. The van der Waals surface area contributed by atoms with Gasteiger partial charge in [0.2, 0.25) is 0 Å². The maximum absolute atomic E-state index is 10.9. The second-order valence-corrected chi connectivity index (χ2v) is 8.80. The van der Waals surface area contributed by atoms with Crippen molar-refractivity contribution in [3.63, 3.8) is 0 Å². The predicted molar refractivity (Wildman–Crippen MR) is 129 cm³/mol. The highest BCUT2D eigenvalue weighted by molar-refractivity contribution is 5.17. The third-order valence-corrected chi connectivity index (χ3v) is 6.19. The quantitative estimate of drug-likeness (QED) is 0.293. The lowest BCUT2D eigenvalue weighted by atomic mass is 10.0. The number of aliphatic hydroxyl groups excluding tert-OH is 1. The number of hydrogen-bond acceptors (Lipinski definition) is 2. The summed E-state index contributed by atoms with van der Waals surface area (Å²) in [5.41, 5.74) is 2.60. The van der Waals surface area contributed by atoms with Gasteiger partial charge in [-0.25, -0.2) is 0 Å². The van der Waals surface area contributed by atoms with Gasteiger partial charge in [-0.2, -0.15) is 0 Å². The second-order valence-electron chi connectivity index (χ2n) is 8.80. The maximum Gasteiger partial charge on any atom is 0.0693 e. The Morgan fingerprint density at radius 3 is 1.57 bits per heavy atom. The molecule has 1 N–H and O–H groups in total. The normalized spacial score (nSPS) is 13.5. The van der Waals surface area contributed by atoms with E-state index in [-0.39, 0.29) is 12.1 Å². The number of unbranched alkanes of at least 4 members (excludes halogenated alkanes) is 8. The zero-order chi connectivity index (χ0) is 21.4. The summed E-state index contributed by atoms with van der Waals surface area (Å²) in [4.78, 5) is 2.42. The number of aliphatic hydroxyl groups is 1. The number of benzene rings is 2. The van der Waals surface area contributed by atoms with Crippen molar-refractivity contribution in [3.8, 4) is 0 Å². The van der Waals surface area contributed by atoms with E-state index in [9.17, 15) is 5.11 Å². The fraction of sp³-hybridized carbons (Fsp3) is 0.571. The first kappa shape index (κ1) is 24.6. The third-order valence-electron chi connectivity index (χ3n) is 6.19. The van der Waals surface area contributed by atoms with Crippen LogP contribution < -0.4 is 0 Å². The Hall–Kier alpha value is -1.64. The molecule has 0 saturated heterocycles. The Bertz CT molecular complexity index is 601. The van der Waals surface area contributed by atoms with Gasteiger partial charge in [0.05, 0.1) is 6.10 Å². The van der Waals surface area contributed by atoms with Gasteiger partial charge in [-0.05, 0) is 24.5 Å². The lowest BCUT2D eigenvalue weighted by molar-refractivity contribution is 0.0421. The molecule has 2 atom stereocenters. The smallest absolute Gasteiger partial charge is 0.0693 e. The molecule has 0 spiro atoms. The largest absolute Gasteiger partial charge is 0.392 e. The van der Waals surface area contributed by atoms with Gasteiger partial charge in [-0.3, -0.25) is 4.90 Å². The van der Waals surface area contributed by atoms with Crippen LogP contribution in [0.3, 0.4) is 0 Å². The molecule has 2 aromatic carbocycles. The molecular formula is C28H43NO. The maximum atomic E-state index is 10.9. The summed E-state index contributed by atoms with van der Waals surface area (Å²) in [5, 5.41) is 10.9. The molecule has 2 nitrogen and oxygen atoms in total. The molecule has 0 aliphatic carbocycles. The fourth-order valence-electron chi connectivity index (χ4n) is 4.13. The van der Waals surface area contributed by atoms with E-state index < -0.39 is 0 Å². The monoisotopic (exact) mass is 409 g/mol. The van der Waals surface area contributed by atoms with Crippen molar-refractivity contribution in [2.24, 2.45) is 0 Å². The highest BCUT2D eigenvalue weighted by Gasteiger charge is 2.22. The molecule has 0 aliphatic heterocycles. The minimum atomic E-state index is -0.276. The van der Waals surface area contributed by atoms with E-state index in [1.54, 1.807) is 0 Å². The van der Waals surface area contributed by atoms with Crippen LogP contribution in [0.5, 0.6) is 0 Å². The number of nitrogens with zero attached hydrogens (tertiary/aromatic N) is 1. The molecule has 2 heteroatoms. The molecular weight excluding hydrogens is 366 g/mol. The summed E-state index contributed by atoms with van der Waals surface area (Å²) >= 11 is 0. The molecule has 0 aromatic heterocycles. The molecule has 0 radical (unpaired) electrons. The zero-order valence-electron chi connectivity index (χ0n) is 19.3. The summed E-state index contributed by atoms with van der Waals surface area (Å²) in [7, 11) is 0. The second kappa shape index (κ2) is 15.2. The van der Waals surface area contributed by atoms with Crippen LogP contribution >= 0.6 is 0 Å². The average molecular weight is 410 g/mol. The fourth-order valence-corrected chi connectivity index (χ4v) is 4.13. The van der Waals surface area contributed by atoms with E-state index in [1.807, 2.05) is 0 Å². The first-order valence-electron chi connectivity index (χ1n) is 12.2. The van der Waals surface area contributed by atoms with Gasteiger partial charge in [-0.15, -0.1) is 0 Å². The summed E-state index contributed by atoms with van der Waals surface area (Å²) in [6, 6.07) is 21.4. The van der Waals surface area contributed by atoms with Crippen molar-refractivity contribution in [2.45, 2.75) is 103 Å². The van der Waals surface area contributed by atoms with E-state index in [2.05, 4.69) is 79.4 Å². The Labute approximate surface area is 185 Å². The van der Waals surface area contributed by atoms with Crippen molar-refractivity contribution < 1.29 is 5.11 Å². The van der Waals surface area contributed by atoms with Crippen molar-refractivity contribution in [3.05, 3.63) is 71.8 Å². The lowest BCUT2D eigenvalue weighted by Crippen LogP contribution is -2.40. The van der Waals surface area contributed by atoms with Crippen molar-refractivity contribution in [2.75, 3.05) is 0 Å². The molecule has 0 heterocycles. The molecule has 0 fully saturated rings. The summed E-state index contributed by atoms with van der Waals surface area (Å²) < 4.78 is 0. The zero-order valence-corrected chi connectivity index (χ0v) is 19.3. The molecule has 2 unspecified atom stereocenters. The number of rotatable bonds is 16. The van der Waals surface area contributed by atoms with E-state index in [4.69, 9.17) is 0 Å². The van der Waals surface area contributed by atoms with Gasteiger partial charge >= 0.3 is 0 Å². The Morgan fingerprint density at radius 2 is 1.10 bits per heavy atom. The van der Waals surface area contributed by atoms with Crippen LogP contribution in [0, 0.1) is 0 Å². The van der Waals surface area contributed by atoms with Crippen molar-refractivity contribution in [1.82, 2.24) is 4.90 Å². The van der Waals surface area contributed by atoms with E-state index >= 15 is 0 Å². The summed E-state index contributed by atoms with van der Waals surface area (Å²) in [6.07, 6.45) is 12.5. The first-order valence-corrected chi connectivity index (χ1v) is 12.2. The van der Waals surface area contributed by atoms with Crippen LogP contribution in [-0.2, 0) is 13.1 Å². The third kappa shape index (κ3) is 9.91. The Kier molecular flexibility index (Phi) is 12.5. The van der Waals surface area contributed by atoms with Crippen molar-refractivity contribution in [1.29, 1.82) is 0 Å².